The van der Waals surface area contributed by atoms with E-state index in [4.69, 9.17) is 0 Å². The van der Waals surface area contributed by atoms with E-state index in [2.05, 4.69) is 24.6 Å². The minimum atomic E-state index is 1.15. The van der Waals surface area contributed by atoms with Gasteiger partial charge in [-0.1, -0.05) is 0 Å². The second-order valence-electron chi connectivity index (χ2n) is 3.42. The van der Waals surface area contributed by atoms with E-state index in [-0.39, 0.29) is 0 Å². The highest BCUT2D eigenvalue weighted by molar-refractivity contribution is 8.00. The summed E-state index contributed by atoms with van der Waals surface area (Å²) in [6.45, 7) is 0. The van der Waals surface area contributed by atoms with Crippen molar-refractivity contribution in [1.82, 2.24) is 0 Å². The third kappa shape index (κ3) is 1.58. The summed E-state index contributed by atoms with van der Waals surface area (Å²) < 4.78 is 2.90. The Balaban J connectivity index is 2.11. The lowest BCUT2D eigenvalue weighted by molar-refractivity contribution is 1.26. The van der Waals surface area contributed by atoms with Gasteiger partial charge in [-0.3, -0.25) is 0 Å². The quantitative estimate of drug-likeness (QED) is 0.612. The molecule has 2 aromatic rings. The van der Waals surface area contributed by atoms with Crippen molar-refractivity contribution in [2.75, 3.05) is 12.5 Å². The number of rotatable bonds is 2. The second-order valence-corrected chi connectivity index (χ2v) is 7.74. The minimum Gasteiger partial charge on any atom is -0.128 e. The van der Waals surface area contributed by atoms with Gasteiger partial charge < -0.3 is 0 Å². The molecule has 0 unspecified atom stereocenters. The first-order valence-corrected chi connectivity index (χ1v) is 8.74. The zero-order chi connectivity index (χ0) is 10.4. The zero-order valence-electron chi connectivity index (χ0n) is 8.49. The Kier molecular flexibility index (Phi) is 2.63. The van der Waals surface area contributed by atoms with Gasteiger partial charge in [-0.15, -0.1) is 46.2 Å². The third-order valence-corrected chi connectivity index (χ3v) is 7.21. The SMILES string of the molecule is CSc1cc2c(s1)-c1sc(SC)cc1C2. The van der Waals surface area contributed by atoms with Crippen LogP contribution in [0.1, 0.15) is 11.1 Å². The fraction of sp³-hybridized carbons (Fsp3) is 0.273. The fourth-order valence-corrected chi connectivity index (χ4v) is 5.57. The molecule has 1 aliphatic carbocycles. The molecule has 78 valence electrons. The molecule has 2 heterocycles. The van der Waals surface area contributed by atoms with E-state index < -0.39 is 0 Å². The maximum Gasteiger partial charge on any atom is 0.0605 e. The van der Waals surface area contributed by atoms with E-state index in [0.717, 1.165) is 6.42 Å². The Morgan fingerprint density at radius 2 is 1.40 bits per heavy atom. The van der Waals surface area contributed by atoms with E-state index in [1.807, 2.05) is 46.2 Å². The highest BCUT2D eigenvalue weighted by atomic mass is 32.2. The molecule has 0 saturated carbocycles. The summed E-state index contributed by atoms with van der Waals surface area (Å²) in [4.78, 5) is 3.05. The van der Waals surface area contributed by atoms with E-state index in [1.54, 1.807) is 11.1 Å². The number of hydrogen-bond acceptors (Lipinski definition) is 4. The van der Waals surface area contributed by atoms with Gasteiger partial charge in [0.05, 0.1) is 8.42 Å². The van der Waals surface area contributed by atoms with E-state index >= 15 is 0 Å². The van der Waals surface area contributed by atoms with Crippen LogP contribution >= 0.6 is 46.2 Å². The molecular formula is C11H10S4. The van der Waals surface area contributed by atoms with Gasteiger partial charge >= 0.3 is 0 Å². The molecule has 0 N–H and O–H groups in total. The maximum atomic E-state index is 2.36. The first-order valence-electron chi connectivity index (χ1n) is 4.65. The minimum absolute atomic E-state index is 1.15. The molecule has 0 nitrogen and oxygen atoms in total. The Morgan fingerprint density at radius 1 is 0.933 bits per heavy atom. The van der Waals surface area contributed by atoms with Crippen molar-refractivity contribution in [3.8, 4) is 9.75 Å². The van der Waals surface area contributed by atoms with Crippen molar-refractivity contribution >= 4 is 46.2 Å². The average molecular weight is 270 g/mol. The van der Waals surface area contributed by atoms with Crippen molar-refractivity contribution in [2.24, 2.45) is 0 Å². The van der Waals surface area contributed by atoms with Crippen LogP contribution in [0, 0.1) is 0 Å². The number of thiophene rings is 2. The monoisotopic (exact) mass is 270 g/mol. The molecule has 0 saturated heterocycles. The summed E-state index contributed by atoms with van der Waals surface area (Å²) in [5.41, 5.74) is 3.08. The van der Waals surface area contributed by atoms with E-state index in [0.29, 0.717) is 0 Å². The molecule has 0 bridgehead atoms. The average Bonchev–Trinajstić information content (AvgIpc) is 2.85. The standard InChI is InChI=1S/C11H10S4/c1-12-8-4-6-3-7-5-9(13-2)15-11(7)10(6)14-8/h4-5H,3H2,1-2H3. The topological polar surface area (TPSA) is 0 Å². The van der Waals surface area contributed by atoms with Crippen molar-refractivity contribution in [1.29, 1.82) is 0 Å². The van der Waals surface area contributed by atoms with Gasteiger partial charge in [-0.2, -0.15) is 0 Å². The van der Waals surface area contributed by atoms with Gasteiger partial charge in [0.2, 0.25) is 0 Å². The summed E-state index contributed by atoms with van der Waals surface area (Å²) >= 11 is 7.62. The summed E-state index contributed by atoms with van der Waals surface area (Å²) in [6.07, 6.45) is 5.46. The molecule has 0 amide bonds. The van der Waals surface area contributed by atoms with E-state index in [1.165, 1.54) is 18.2 Å². The van der Waals surface area contributed by atoms with Gasteiger partial charge in [0.25, 0.3) is 0 Å². The highest BCUT2D eigenvalue weighted by Crippen LogP contribution is 2.49. The fourth-order valence-electron chi connectivity index (χ4n) is 1.86. The van der Waals surface area contributed by atoms with Crippen molar-refractivity contribution in [2.45, 2.75) is 14.8 Å². The lowest BCUT2D eigenvalue weighted by Gasteiger charge is -1.88. The maximum absolute atomic E-state index is 2.36. The van der Waals surface area contributed by atoms with Crippen molar-refractivity contribution < 1.29 is 0 Å². The Hall–Kier alpha value is 0.1000. The third-order valence-electron chi connectivity index (χ3n) is 2.56. The molecule has 0 aliphatic heterocycles. The Labute approximate surface area is 106 Å². The molecule has 4 heteroatoms. The van der Waals surface area contributed by atoms with E-state index in [9.17, 15) is 0 Å². The van der Waals surface area contributed by atoms with Crippen LogP contribution in [0.3, 0.4) is 0 Å². The van der Waals surface area contributed by atoms with Crippen LogP contribution < -0.4 is 0 Å². The number of fused-ring (bicyclic) bond motifs is 3. The Bertz CT molecular complexity index is 460. The number of thioether (sulfide) groups is 2. The van der Waals surface area contributed by atoms with Crippen LogP contribution in [0.25, 0.3) is 9.75 Å². The molecule has 2 aromatic heterocycles. The van der Waals surface area contributed by atoms with Crippen LogP contribution in [0.2, 0.25) is 0 Å². The van der Waals surface area contributed by atoms with Crippen LogP contribution in [0.15, 0.2) is 20.6 Å². The smallest absolute Gasteiger partial charge is 0.0605 e. The van der Waals surface area contributed by atoms with Gasteiger partial charge in [0, 0.05) is 16.2 Å². The normalized spacial score (nSPS) is 12.9. The van der Waals surface area contributed by atoms with Gasteiger partial charge in [-0.25, -0.2) is 0 Å². The molecule has 0 radical (unpaired) electrons. The molecular weight excluding hydrogens is 260 g/mol. The summed E-state index contributed by atoms with van der Waals surface area (Å²) in [5, 5.41) is 0. The van der Waals surface area contributed by atoms with Gasteiger partial charge in [0.1, 0.15) is 0 Å². The molecule has 3 rings (SSSR count). The number of hydrogen-bond donors (Lipinski definition) is 0. The summed E-state index contributed by atoms with van der Waals surface area (Å²) in [7, 11) is 0. The van der Waals surface area contributed by atoms with Gasteiger partial charge in [0.15, 0.2) is 0 Å². The summed E-state index contributed by atoms with van der Waals surface area (Å²) in [6, 6.07) is 4.71. The van der Waals surface area contributed by atoms with Crippen LogP contribution in [-0.4, -0.2) is 12.5 Å². The largest absolute Gasteiger partial charge is 0.128 e. The van der Waals surface area contributed by atoms with Crippen LogP contribution in [-0.2, 0) is 6.42 Å². The predicted octanol–water partition coefficient (Wildman–Crippen LogP) is 4.82. The van der Waals surface area contributed by atoms with Crippen molar-refractivity contribution in [3.63, 3.8) is 0 Å². The lowest BCUT2D eigenvalue weighted by Crippen LogP contribution is -1.74. The first-order chi connectivity index (χ1) is 7.31. The highest BCUT2D eigenvalue weighted by Gasteiger charge is 2.24. The predicted molar refractivity (Wildman–Crippen MR) is 74.0 cm³/mol. The summed E-state index contributed by atoms with van der Waals surface area (Å²) in [5.74, 6) is 0. The second kappa shape index (κ2) is 3.84. The molecule has 1 aliphatic rings. The zero-order valence-corrected chi connectivity index (χ0v) is 11.8. The first kappa shape index (κ1) is 10.3. The molecule has 0 aromatic carbocycles. The molecule has 0 spiro atoms. The molecule has 0 atom stereocenters. The van der Waals surface area contributed by atoms with Crippen molar-refractivity contribution in [3.05, 3.63) is 23.3 Å². The lowest BCUT2D eigenvalue weighted by atomic mass is 10.2. The van der Waals surface area contributed by atoms with Crippen LogP contribution in [0.4, 0.5) is 0 Å². The Morgan fingerprint density at radius 3 is 1.80 bits per heavy atom. The molecule has 15 heavy (non-hydrogen) atoms. The van der Waals surface area contributed by atoms with Gasteiger partial charge in [-0.05, 0) is 35.8 Å². The molecule has 0 fully saturated rings. The van der Waals surface area contributed by atoms with Crippen LogP contribution in [0.5, 0.6) is 0 Å².